The molecule has 1 aliphatic heterocycles. The van der Waals surface area contributed by atoms with Gasteiger partial charge in [0.05, 0.1) is 11.4 Å². The van der Waals surface area contributed by atoms with Crippen LogP contribution in [0.25, 0.3) is 5.69 Å². The Balaban J connectivity index is 1.68. The van der Waals surface area contributed by atoms with Gasteiger partial charge in [-0.25, -0.2) is 4.79 Å². The molecule has 126 valence electrons. The molecule has 1 fully saturated rings. The van der Waals surface area contributed by atoms with E-state index in [0.29, 0.717) is 16.4 Å². The third-order valence-electron chi connectivity index (χ3n) is 3.80. The van der Waals surface area contributed by atoms with Crippen molar-refractivity contribution in [2.75, 3.05) is 19.7 Å². The fraction of sp³-hybridized carbons (Fsp3) is 0.375. The van der Waals surface area contributed by atoms with E-state index in [1.807, 2.05) is 0 Å². The molecule has 8 heteroatoms. The molecule has 0 saturated carbocycles. The number of likely N-dealkylation sites (tertiary alicyclic amines) is 1. The molecule has 0 aliphatic carbocycles. The van der Waals surface area contributed by atoms with E-state index in [1.54, 1.807) is 36.1 Å². The van der Waals surface area contributed by atoms with E-state index in [4.69, 9.17) is 16.3 Å². The van der Waals surface area contributed by atoms with Gasteiger partial charge in [0.25, 0.3) is 5.91 Å². The first-order chi connectivity index (χ1) is 11.5. The van der Waals surface area contributed by atoms with Gasteiger partial charge in [-0.3, -0.25) is 4.79 Å². The van der Waals surface area contributed by atoms with Crippen molar-refractivity contribution in [3.63, 3.8) is 0 Å². The molecule has 1 aromatic heterocycles. The standard InChI is InChI=1S/C16H17ClN4O3/c1-11-15(16(23)24-10-14(22)20-7-2-3-8-20)19-21(18-11)13-6-4-5-12(17)9-13/h4-6,9H,2-3,7-8,10H2,1H3. The van der Waals surface area contributed by atoms with Gasteiger partial charge in [0, 0.05) is 18.1 Å². The SMILES string of the molecule is Cc1nn(-c2cccc(Cl)c2)nc1C(=O)OCC(=O)N1CCCC1. The van der Waals surface area contributed by atoms with Crippen molar-refractivity contribution in [3.05, 3.63) is 40.7 Å². The van der Waals surface area contributed by atoms with Crippen molar-refractivity contribution in [2.24, 2.45) is 0 Å². The fourth-order valence-corrected chi connectivity index (χ4v) is 2.72. The van der Waals surface area contributed by atoms with Crippen molar-refractivity contribution >= 4 is 23.5 Å². The number of aromatic nitrogens is 3. The van der Waals surface area contributed by atoms with E-state index in [9.17, 15) is 9.59 Å². The van der Waals surface area contributed by atoms with Gasteiger partial charge in [0.2, 0.25) is 0 Å². The maximum Gasteiger partial charge on any atom is 0.361 e. The van der Waals surface area contributed by atoms with Gasteiger partial charge in [0.15, 0.2) is 12.3 Å². The van der Waals surface area contributed by atoms with Crippen LogP contribution in [0.4, 0.5) is 0 Å². The minimum atomic E-state index is -0.659. The Labute approximate surface area is 144 Å². The number of esters is 1. The fourth-order valence-electron chi connectivity index (χ4n) is 2.54. The minimum absolute atomic E-state index is 0.0872. The van der Waals surface area contributed by atoms with Gasteiger partial charge in [-0.15, -0.1) is 5.10 Å². The third kappa shape index (κ3) is 3.56. The predicted octanol–water partition coefficient (Wildman–Crippen LogP) is 2.01. The number of benzene rings is 1. The van der Waals surface area contributed by atoms with E-state index < -0.39 is 5.97 Å². The van der Waals surface area contributed by atoms with Gasteiger partial charge >= 0.3 is 5.97 Å². The smallest absolute Gasteiger partial charge is 0.361 e. The van der Waals surface area contributed by atoms with Crippen LogP contribution < -0.4 is 0 Å². The molecule has 24 heavy (non-hydrogen) atoms. The largest absolute Gasteiger partial charge is 0.451 e. The van der Waals surface area contributed by atoms with E-state index in [2.05, 4.69) is 10.2 Å². The average molecular weight is 349 g/mol. The monoisotopic (exact) mass is 348 g/mol. The molecule has 2 aromatic rings. The third-order valence-corrected chi connectivity index (χ3v) is 4.04. The Hall–Kier alpha value is -2.41. The lowest BCUT2D eigenvalue weighted by Crippen LogP contribution is -2.32. The predicted molar refractivity (Wildman–Crippen MR) is 87.2 cm³/mol. The number of nitrogens with zero attached hydrogens (tertiary/aromatic N) is 4. The summed E-state index contributed by atoms with van der Waals surface area (Å²) < 4.78 is 5.08. The van der Waals surface area contributed by atoms with Crippen molar-refractivity contribution < 1.29 is 14.3 Å². The maximum absolute atomic E-state index is 12.2. The lowest BCUT2D eigenvalue weighted by molar-refractivity contribution is -0.133. The Bertz CT molecular complexity index is 768. The highest BCUT2D eigenvalue weighted by Crippen LogP contribution is 2.15. The second kappa shape index (κ2) is 7.00. The average Bonchev–Trinajstić information content (AvgIpc) is 3.22. The highest BCUT2D eigenvalue weighted by molar-refractivity contribution is 6.30. The first-order valence-corrected chi connectivity index (χ1v) is 8.07. The Morgan fingerprint density at radius 1 is 1.25 bits per heavy atom. The minimum Gasteiger partial charge on any atom is -0.451 e. The molecule has 1 amide bonds. The van der Waals surface area contributed by atoms with Crippen LogP contribution >= 0.6 is 11.6 Å². The van der Waals surface area contributed by atoms with Crippen LogP contribution in [0.1, 0.15) is 29.0 Å². The topological polar surface area (TPSA) is 77.3 Å². The van der Waals surface area contributed by atoms with Crippen LogP contribution in [0, 0.1) is 6.92 Å². The summed E-state index contributed by atoms with van der Waals surface area (Å²) in [5, 5.41) is 8.89. The quantitative estimate of drug-likeness (QED) is 0.790. The van der Waals surface area contributed by atoms with Gasteiger partial charge in [0.1, 0.15) is 0 Å². The lowest BCUT2D eigenvalue weighted by Gasteiger charge is -2.14. The Morgan fingerprint density at radius 3 is 2.71 bits per heavy atom. The van der Waals surface area contributed by atoms with E-state index in [1.165, 1.54) is 4.80 Å². The molecule has 0 spiro atoms. The molecule has 0 atom stereocenters. The zero-order valence-electron chi connectivity index (χ0n) is 13.2. The van der Waals surface area contributed by atoms with Gasteiger partial charge in [-0.1, -0.05) is 17.7 Å². The Morgan fingerprint density at radius 2 is 2.00 bits per heavy atom. The summed E-state index contributed by atoms with van der Waals surface area (Å²) in [7, 11) is 0. The summed E-state index contributed by atoms with van der Waals surface area (Å²) in [4.78, 5) is 27.1. The molecule has 0 radical (unpaired) electrons. The number of halogens is 1. The number of amides is 1. The molecule has 0 N–H and O–H groups in total. The number of carbonyl (C=O) groups is 2. The number of hydrogen-bond acceptors (Lipinski definition) is 5. The van der Waals surface area contributed by atoms with Gasteiger partial charge in [-0.2, -0.15) is 9.90 Å². The van der Waals surface area contributed by atoms with Crippen molar-refractivity contribution in [2.45, 2.75) is 19.8 Å². The number of aryl methyl sites for hydroxylation is 1. The maximum atomic E-state index is 12.2. The Kier molecular flexibility index (Phi) is 4.80. The molecule has 1 saturated heterocycles. The second-order valence-corrected chi connectivity index (χ2v) is 6.00. The molecule has 0 bridgehead atoms. The molecule has 3 rings (SSSR count). The van der Waals surface area contributed by atoms with Crippen LogP contribution in [-0.2, 0) is 9.53 Å². The first-order valence-electron chi connectivity index (χ1n) is 7.69. The number of rotatable bonds is 4. The summed E-state index contributed by atoms with van der Waals surface area (Å²) in [5.41, 5.74) is 1.15. The van der Waals surface area contributed by atoms with Gasteiger partial charge in [-0.05, 0) is 38.0 Å². The van der Waals surface area contributed by atoms with Crippen LogP contribution in [0.5, 0.6) is 0 Å². The van der Waals surface area contributed by atoms with Crippen molar-refractivity contribution in [1.82, 2.24) is 19.9 Å². The molecule has 1 aliphatic rings. The van der Waals surface area contributed by atoms with Crippen LogP contribution in [0.15, 0.2) is 24.3 Å². The summed E-state index contributed by atoms with van der Waals surface area (Å²) >= 11 is 5.95. The summed E-state index contributed by atoms with van der Waals surface area (Å²) in [6, 6.07) is 6.97. The van der Waals surface area contributed by atoms with Crippen LogP contribution in [-0.4, -0.2) is 51.5 Å². The highest BCUT2D eigenvalue weighted by Gasteiger charge is 2.22. The zero-order valence-corrected chi connectivity index (χ0v) is 14.0. The molecule has 1 aromatic carbocycles. The first kappa shape index (κ1) is 16.4. The van der Waals surface area contributed by atoms with Crippen LogP contribution in [0.2, 0.25) is 5.02 Å². The second-order valence-electron chi connectivity index (χ2n) is 5.57. The van der Waals surface area contributed by atoms with Crippen LogP contribution in [0.3, 0.4) is 0 Å². The zero-order chi connectivity index (χ0) is 17.1. The van der Waals surface area contributed by atoms with E-state index in [-0.39, 0.29) is 18.2 Å². The number of ether oxygens (including phenoxy) is 1. The normalized spacial score (nSPS) is 14.0. The molecular weight excluding hydrogens is 332 g/mol. The molecule has 0 unspecified atom stereocenters. The lowest BCUT2D eigenvalue weighted by atomic mass is 10.3. The number of carbonyl (C=O) groups excluding carboxylic acids is 2. The van der Waals surface area contributed by atoms with Gasteiger partial charge < -0.3 is 9.64 Å². The summed E-state index contributed by atoms with van der Waals surface area (Å²) in [5.74, 6) is -0.839. The summed E-state index contributed by atoms with van der Waals surface area (Å²) in [6.45, 7) is 2.83. The molecular formula is C16H17ClN4O3. The van der Waals surface area contributed by atoms with Crippen molar-refractivity contribution in [1.29, 1.82) is 0 Å². The van der Waals surface area contributed by atoms with Crippen molar-refractivity contribution in [3.8, 4) is 5.69 Å². The van der Waals surface area contributed by atoms with E-state index in [0.717, 1.165) is 25.9 Å². The summed E-state index contributed by atoms with van der Waals surface area (Å²) in [6.07, 6.45) is 1.99. The van der Waals surface area contributed by atoms with E-state index >= 15 is 0 Å². The number of hydrogen-bond donors (Lipinski definition) is 0. The molecule has 7 nitrogen and oxygen atoms in total. The highest BCUT2D eigenvalue weighted by atomic mass is 35.5. The molecule has 2 heterocycles.